The molecule has 0 aliphatic rings. The zero-order valence-corrected chi connectivity index (χ0v) is 7.52. The van der Waals surface area contributed by atoms with Gasteiger partial charge in [0, 0.05) is 14.0 Å². The molecule has 0 aromatic carbocycles. The van der Waals surface area contributed by atoms with Gasteiger partial charge < -0.3 is 18.9 Å². The Morgan fingerprint density at radius 1 is 1.46 bits per heavy atom. The quantitative estimate of drug-likeness (QED) is 0.261. The Labute approximate surface area is 75.7 Å². The van der Waals surface area contributed by atoms with Gasteiger partial charge in [-0.3, -0.25) is 4.79 Å². The lowest BCUT2D eigenvalue weighted by atomic mass is 10.7. The van der Waals surface area contributed by atoms with Crippen LogP contribution in [-0.2, 0) is 23.7 Å². The molecule has 1 unspecified atom stereocenters. The number of carbonyl (C=O) groups excluding carboxylic acids is 2. The second kappa shape index (κ2) is 7.35. The van der Waals surface area contributed by atoms with Crippen molar-refractivity contribution in [3.8, 4) is 0 Å². The average Bonchev–Trinajstić information content (AvgIpc) is 2.05. The lowest BCUT2D eigenvalue weighted by Gasteiger charge is -2.10. The normalized spacial score (nSPS) is 11.5. The minimum absolute atomic E-state index is 0.100. The summed E-state index contributed by atoms with van der Waals surface area (Å²) in [6.07, 6.45) is -1.83. The highest BCUT2D eigenvalue weighted by Gasteiger charge is 2.09. The van der Waals surface area contributed by atoms with Crippen molar-refractivity contribution in [3.05, 3.63) is 0 Å². The lowest BCUT2D eigenvalue weighted by Crippen LogP contribution is -2.19. The zero-order valence-electron chi connectivity index (χ0n) is 7.52. The van der Waals surface area contributed by atoms with Crippen LogP contribution in [0, 0.1) is 0 Å². The van der Waals surface area contributed by atoms with Crippen LogP contribution in [0.25, 0.3) is 0 Å². The summed E-state index contributed by atoms with van der Waals surface area (Å²) in [4.78, 5) is 20.5. The third-order valence-electron chi connectivity index (χ3n) is 1.02. The van der Waals surface area contributed by atoms with Crippen molar-refractivity contribution < 1.29 is 28.5 Å². The van der Waals surface area contributed by atoms with Gasteiger partial charge in [0.1, 0.15) is 6.61 Å². The first-order valence-electron chi connectivity index (χ1n) is 3.62. The van der Waals surface area contributed by atoms with Gasteiger partial charge >= 0.3 is 6.16 Å². The molecule has 6 nitrogen and oxygen atoms in total. The van der Waals surface area contributed by atoms with Crippen LogP contribution in [0.1, 0.15) is 6.92 Å². The van der Waals surface area contributed by atoms with Crippen molar-refractivity contribution in [1.29, 1.82) is 0 Å². The molecule has 0 saturated heterocycles. The molecule has 0 saturated carbocycles. The van der Waals surface area contributed by atoms with Gasteiger partial charge in [-0.2, -0.15) is 0 Å². The van der Waals surface area contributed by atoms with Crippen molar-refractivity contribution in [1.82, 2.24) is 0 Å². The van der Waals surface area contributed by atoms with E-state index in [0.29, 0.717) is 0 Å². The van der Waals surface area contributed by atoms with Gasteiger partial charge in [0.25, 0.3) is 6.47 Å². The number of hydrogen-bond acceptors (Lipinski definition) is 6. The van der Waals surface area contributed by atoms with E-state index in [1.165, 1.54) is 14.0 Å². The smallest absolute Gasteiger partial charge is 0.432 e. The largest absolute Gasteiger partial charge is 0.511 e. The molecule has 0 aromatic rings. The molecule has 13 heavy (non-hydrogen) atoms. The highest BCUT2D eigenvalue weighted by Crippen LogP contribution is 1.94. The Morgan fingerprint density at radius 3 is 2.69 bits per heavy atom. The second-order valence-corrected chi connectivity index (χ2v) is 2.01. The van der Waals surface area contributed by atoms with Crippen molar-refractivity contribution in [2.75, 3.05) is 20.3 Å². The maximum absolute atomic E-state index is 10.7. The number of carbonyl (C=O) groups is 2. The molecule has 0 heterocycles. The number of ether oxygens (including phenoxy) is 4. The summed E-state index contributed by atoms with van der Waals surface area (Å²) >= 11 is 0. The molecule has 0 bridgehead atoms. The summed E-state index contributed by atoms with van der Waals surface area (Å²) in [6, 6.07) is 0. The van der Waals surface area contributed by atoms with Crippen LogP contribution >= 0.6 is 0 Å². The van der Waals surface area contributed by atoms with E-state index in [1.807, 2.05) is 0 Å². The molecule has 0 N–H and O–H groups in total. The second-order valence-electron chi connectivity index (χ2n) is 2.01. The number of methoxy groups -OCH3 is 1. The van der Waals surface area contributed by atoms with E-state index in [4.69, 9.17) is 0 Å². The molecule has 0 rings (SSSR count). The monoisotopic (exact) mass is 192 g/mol. The van der Waals surface area contributed by atoms with E-state index in [1.54, 1.807) is 0 Å². The summed E-state index contributed by atoms with van der Waals surface area (Å²) in [5.74, 6) is 0. The SMILES string of the molecule is COCCOC(=O)OC(C)OC=O. The van der Waals surface area contributed by atoms with Crippen LogP contribution < -0.4 is 0 Å². The Bertz CT molecular complexity index is 157. The van der Waals surface area contributed by atoms with Crippen molar-refractivity contribution >= 4 is 12.6 Å². The van der Waals surface area contributed by atoms with Crippen LogP contribution in [0.4, 0.5) is 4.79 Å². The standard InChI is InChI=1S/C7H12O6/c1-6(12-5-8)13-7(9)11-4-3-10-2/h5-6H,3-4H2,1-2H3. The lowest BCUT2D eigenvalue weighted by molar-refractivity contribution is -0.152. The van der Waals surface area contributed by atoms with Gasteiger partial charge in [-0.1, -0.05) is 0 Å². The minimum Gasteiger partial charge on any atom is -0.432 e. The average molecular weight is 192 g/mol. The van der Waals surface area contributed by atoms with Crippen molar-refractivity contribution in [2.45, 2.75) is 13.2 Å². The van der Waals surface area contributed by atoms with Crippen LogP contribution in [0.3, 0.4) is 0 Å². The van der Waals surface area contributed by atoms with Crippen molar-refractivity contribution in [3.63, 3.8) is 0 Å². The molecule has 6 heteroatoms. The predicted octanol–water partition coefficient (Wildman–Crippen LogP) is 0.305. The van der Waals surface area contributed by atoms with Crippen LogP contribution in [-0.4, -0.2) is 39.2 Å². The summed E-state index contributed by atoms with van der Waals surface area (Å²) in [5.41, 5.74) is 0. The van der Waals surface area contributed by atoms with Gasteiger partial charge in [0.05, 0.1) is 6.61 Å². The van der Waals surface area contributed by atoms with E-state index >= 15 is 0 Å². The van der Waals surface area contributed by atoms with Gasteiger partial charge in [-0.05, 0) is 0 Å². The van der Waals surface area contributed by atoms with Gasteiger partial charge in [0.2, 0.25) is 6.29 Å². The Morgan fingerprint density at radius 2 is 2.15 bits per heavy atom. The van der Waals surface area contributed by atoms with Crippen LogP contribution in [0.2, 0.25) is 0 Å². The molecule has 0 aromatic heterocycles. The van der Waals surface area contributed by atoms with E-state index in [-0.39, 0.29) is 19.7 Å². The fourth-order valence-corrected chi connectivity index (χ4v) is 0.484. The van der Waals surface area contributed by atoms with E-state index in [9.17, 15) is 9.59 Å². The predicted molar refractivity (Wildman–Crippen MR) is 40.9 cm³/mol. The van der Waals surface area contributed by atoms with Gasteiger partial charge in [-0.25, -0.2) is 4.79 Å². The van der Waals surface area contributed by atoms with E-state index in [2.05, 4.69) is 18.9 Å². The molecular formula is C7H12O6. The first-order chi connectivity index (χ1) is 6.20. The summed E-state index contributed by atoms with van der Waals surface area (Å²) in [6.45, 7) is 1.97. The maximum Gasteiger partial charge on any atom is 0.511 e. The maximum atomic E-state index is 10.7. The Hall–Kier alpha value is -1.30. The zero-order chi connectivity index (χ0) is 10.1. The molecule has 76 valence electrons. The van der Waals surface area contributed by atoms with E-state index < -0.39 is 12.4 Å². The summed E-state index contributed by atoms with van der Waals surface area (Å²) < 4.78 is 17.9. The Kier molecular flexibility index (Phi) is 6.62. The van der Waals surface area contributed by atoms with Gasteiger partial charge in [-0.15, -0.1) is 0 Å². The van der Waals surface area contributed by atoms with Crippen LogP contribution in [0.15, 0.2) is 0 Å². The first kappa shape index (κ1) is 11.7. The molecule has 0 spiro atoms. The first-order valence-corrected chi connectivity index (χ1v) is 3.62. The molecule has 0 amide bonds. The Balaban J connectivity index is 3.43. The number of rotatable bonds is 6. The fourth-order valence-electron chi connectivity index (χ4n) is 0.484. The highest BCUT2D eigenvalue weighted by atomic mass is 16.8. The molecule has 1 atom stereocenters. The molecule has 0 aliphatic heterocycles. The van der Waals surface area contributed by atoms with Crippen molar-refractivity contribution in [2.24, 2.45) is 0 Å². The molecule has 0 fully saturated rings. The summed E-state index contributed by atoms with van der Waals surface area (Å²) in [7, 11) is 1.48. The third kappa shape index (κ3) is 7.07. The van der Waals surface area contributed by atoms with E-state index in [0.717, 1.165) is 0 Å². The summed E-state index contributed by atoms with van der Waals surface area (Å²) in [5, 5.41) is 0. The van der Waals surface area contributed by atoms with Gasteiger partial charge in [0.15, 0.2) is 0 Å². The molecule has 0 radical (unpaired) electrons. The topological polar surface area (TPSA) is 71.1 Å². The fraction of sp³-hybridized carbons (Fsp3) is 0.714. The number of hydrogen-bond donors (Lipinski definition) is 0. The van der Waals surface area contributed by atoms with Crippen LogP contribution in [0.5, 0.6) is 0 Å². The highest BCUT2D eigenvalue weighted by molar-refractivity contribution is 5.60. The third-order valence-corrected chi connectivity index (χ3v) is 1.02. The molecular weight excluding hydrogens is 180 g/mol. The minimum atomic E-state index is -0.937. The molecule has 0 aliphatic carbocycles.